The highest BCUT2D eigenvalue weighted by Crippen LogP contribution is 2.29. The Morgan fingerprint density at radius 2 is 1.81 bits per heavy atom. The molecule has 0 spiro atoms. The second-order valence-corrected chi connectivity index (χ2v) is 6.86. The molecule has 32 heavy (non-hydrogen) atoms. The van der Waals surface area contributed by atoms with E-state index in [0.29, 0.717) is 36.8 Å². The summed E-state index contributed by atoms with van der Waals surface area (Å²) in [6, 6.07) is 14.9. The Labute approximate surface area is 187 Å². The zero-order valence-corrected chi connectivity index (χ0v) is 18.2. The highest BCUT2D eigenvalue weighted by molar-refractivity contribution is 5.94. The van der Waals surface area contributed by atoms with Gasteiger partial charge in [-0.1, -0.05) is 18.2 Å². The molecule has 1 aromatic heterocycles. The van der Waals surface area contributed by atoms with Gasteiger partial charge in [-0.05, 0) is 50.1 Å². The molecule has 1 N–H and O–H groups in total. The van der Waals surface area contributed by atoms with E-state index in [-0.39, 0.29) is 13.0 Å². The lowest BCUT2D eigenvalue weighted by molar-refractivity contribution is -0.147. The van der Waals surface area contributed by atoms with Gasteiger partial charge in [0.1, 0.15) is 11.5 Å². The molecule has 1 heterocycles. The summed E-state index contributed by atoms with van der Waals surface area (Å²) in [5, 5.41) is 7.02. The van der Waals surface area contributed by atoms with Crippen LogP contribution >= 0.6 is 0 Å². The second-order valence-electron chi connectivity index (χ2n) is 6.86. The van der Waals surface area contributed by atoms with Gasteiger partial charge in [-0.3, -0.25) is 9.59 Å². The van der Waals surface area contributed by atoms with E-state index in [0.717, 1.165) is 11.3 Å². The number of rotatable bonds is 11. The molecule has 0 saturated heterocycles. The first-order chi connectivity index (χ1) is 15.6. The minimum atomic E-state index is -0.458. The largest absolute Gasteiger partial charge is 0.494 e. The number of hydrogen-bond acceptors (Lipinski definition) is 6. The van der Waals surface area contributed by atoms with Gasteiger partial charge in [-0.25, -0.2) is 4.68 Å². The van der Waals surface area contributed by atoms with Crippen molar-refractivity contribution in [2.45, 2.75) is 26.7 Å². The Hall–Kier alpha value is -3.81. The van der Waals surface area contributed by atoms with Crippen LogP contribution in [-0.2, 0) is 20.7 Å². The van der Waals surface area contributed by atoms with Crippen molar-refractivity contribution in [2.24, 2.45) is 0 Å². The molecule has 1 amide bonds. The van der Waals surface area contributed by atoms with Crippen molar-refractivity contribution in [1.29, 1.82) is 0 Å². The molecule has 0 saturated carbocycles. The minimum Gasteiger partial charge on any atom is -0.494 e. The fraction of sp³-hybridized carbons (Fsp3) is 0.292. The summed E-state index contributed by atoms with van der Waals surface area (Å²) in [6.07, 6.45) is 4.21. The molecule has 0 aliphatic carbocycles. The SMILES string of the molecule is CCOc1ccc(OCC)c(NC(=O)COC(=O)CCc2cnn(-c3ccccc3)c2)c1. The molecule has 0 aliphatic heterocycles. The number of hydrogen-bond donors (Lipinski definition) is 1. The van der Waals surface area contributed by atoms with Gasteiger partial charge >= 0.3 is 5.97 Å². The fourth-order valence-corrected chi connectivity index (χ4v) is 3.01. The summed E-state index contributed by atoms with van der Waals surface area (Å²) < 4.78 is 17.9. The number of nitrogens with zero attached hydrogens (tertiary/aromatic N) is 2. The van der Waals surface area contributed by atoms with Crippen molar-refractivity contribution in [1.82, 2.24) is 9.78 Å². The van der Waals surface area contributed by atoms with Crippen LogP contribution in [0.3, 0.4) is 0 Å². The monoisotopic (exact) mass is 437 g/mol. The first kappa shape index (κ1) is 22.9. The Morgan fingerprint density at radius 3 is 2.56 bits per heavy atom. The van der Waals surface area contributed by atoms with Gasteiger partial charge in [0.15, 0.2) is 6.61 Å². The Kier molecular flexibility index (Phi) is 8.25. The average molecular weight is 437 g/mol. The van der Waals surface area contributed by atoms with Crippen LogP contribution in [0.25, 0.3) is 5.69 Å². The quantitative estimate of drug-likeness (QED) is 0.459. The predicted octanol–water partition coefficient (Wildman–Crippen LogP) is 3.78. The molecule has 0 aliphatic rings. The van der Waals surface area contributed by atoms with Crippen LogP contribution < -0.4 is 14.8 Å². The highest BCUT2D eigenvalue weighted by atomic mass is 16.5. The molecule has 8 heteroatoms. The van der Waals surface area contributed by atoms with Crippen molar-refractivity contribution in [3.63, 3.8) is 0 Å². The molecule has 0 fully saturated rings. The number of ether oxygens (including phenoxy) is 3. The fourth-order valence-electron chi connectivity index (χ4n) is 3.01. The number of carbonyl (C=O) groups is 2. The van der Waals surface area contributed by atoms with E-state index in [1.165, 1.54) is 0 Å². The van der Waals surface area contributed by atoms with Gasteiger partial charge in [0.2, 0.25) is 0 Å². The molecule has 0 bridgehead atoms. The third-order valence-electron chi connectivity index (χ3n) is 4.47. The van der Waals surface area contributed by atoms with E-state index >= 15 is 0 Å². The topological polar surface area (TPSA) is 91.7 Å². The summed E-state index contributed by atoms with van der Waals surface area (Å²) in [6.45, 7) is 4.30. The summed E-state index contributed by atoms with van der Waals surface area (Å²) in [5.41, 5.74) is 2.31. The zero-order valence-electron chi connectivity index (χ0n) is 18.2. The van der Waals surface area contributed by atoms with Crippen molar-refractivity contribution < 1.29 is 23.8 Å². The number of aryl methyl sites for hydroxylation is 1. The standard InChI is InChI=1S/C24H27N3O5/c1-3-30-20-11-12-22(31-4-2)21(14-20)26-23(28)17-32-24(29)13-10-18-15-25-27(16-18)19-8-6-5-7-9-19/h5-9,11-12,14-16H,3-4,10,13,17H2,1-2H3,(H,26,28). The van der Waals surface area contributed by atoms with Gasteiger partial charge in [-0.2, -0.15) is 5.10 Å². The molecule has 0 unspecified atom stereocenters. The molecule has 8 nitrogen and oxygen atoms in total. The predicted molar refractivity (Wildman–Crippen MR) is 120 cm³/mol. The number of para-hydroxylation sites is 1. The van der Waals surface area contributed by atoms with Crippen LogP contribution in [0.5, 0.6) is 11.5 Å². The second kappa shape index (κ2) is 11.5. The lowest BCUT2D eigenvalue weighted by atomic mass is 10.2. The number of benzene rings is 2. The maximum Gasteiger partial charge on any atom is 0.306 e. The summed E-state index contributed by atoms with van der Waals surface area (Å²) in [5.74, 6) is 0.218. The number of aromatic nitrogens is 2. The van der Waals surface area contributed by atoms with Crippen LogP contribution in [0.4, 0.5) is 5.69 Å². The summed E-state index contributed by atoms with van der Waals surface area (Å²) in [4.78, 5) is 24.4. The normalized spacial score (nSPS) is 10.4. The molecular formula is C24H27N3O5. The molecule has 2 aromatic carbocycles. The summed E-state index contributed by atoms with van der Waals surface area (Å²) >= 11 is 0. The van der Waals surface area contributed by atoms with Gasteiger partial charge in [0.05, 0.1) is 30.8 Å². The lowest BCUT2D eigenvalue weighted by Gasteiger charge is -2.13. The summed E-state index contributed by atoms with van der Waals surface area (Å²) in [7, 11) is 0. The van der Waals surface area contributed by atoms with E-state index in [1.807, 2.05) is 50.4 Å². The first-order valence-electron chi connectivity index (χ1n) is 10.5. The van der Waals surface area contributed by atoms with E-state index in [1.54, 1.807) is 29.1 Å². The highest BCUT2D eigenvalue weighted by Gasteiger charge is 2.13. The minimum absolute atomic E-state index is 0.151. The first-order valence-corrected chi connectivity index (χ1v) is 10.5. The van der Waals surface area contributed by atoms with E-state index in [4.69, 9.17) is 14.2 Å². The van der Waals surface area contributed by atoms with Crippen molar-refractivity contribution in [2.75, 3.05) is 25.1 Å². The maximum absolute atomic E-state index is 12.3. The Balaban J connectivity index is 1.47. The van der Waals surface area contributed by atoms with Gasteiger partial charge in [-0.15, -0.1) is 0 Å². The van der Waals surface area contributed by atoms with Gasteiger partial charge < -0.3 is 19.5 Å². The van der Waals surface area contributed by atoms with E-state index in [9.17, 15) is 9.59 Å². The van der Waals surface area contributed by atoms with Crippen LogP contribution in [0.2, 0.25) is 0 Å². The number of carbonyl (C=O) groups excluding carboxylic acids is 2. The van der Waals surface area contributed by atoms with E-state index in [2.05, 4.69) is 10.4 Å². The van der Waals surface area contributed by atoms with E-state index < -0.39 is 11.9 Å². The van der Waals surface area contributed by atoms with Crippen LogP contribution in [0, 0.1) is 0 Å². The van der Waals surface area contributed by atoms with Crippen LogP contribution in [0.1, 0.15) is 25.8 Å². The molecule has 3 rings (SSSR count). The lowest BCUT2D eigenvalue weighted by Crippen LogP contribution is -2.21. The average Bonchev–Trinajstić information content (AvgIpc) is 3.28. The molecular weight excluding hydrogens is 410 g/mol. The zero-order chi connectivity index (χ0) is 22.8. The smallest absolute Gasteiger partial charge is 0.306 e. The van der Waals surface area contributed by atoms with Gasteiger partial charge in [0, 0.05) is 18.7 Å². The van der Waals surface area contributed by atoms with Crippen molar-refractivity contribution >= 4 is 17.6 Å². The van der Waals surface area contributed by atoms with Gasteiger partial charge in [0.25, 0.3) is 5.91 Å². The van der Waals surface area contributed by atoms with Crippen molar-refractivity contribution in [3.05, 3.63) is 66.5 Å². The number of anilines is 1. The Morgan fingerprint density at radius 1 is 1.03 bits per heavy atom. The van der Waals surface area contributed by atoms with Crippen molar-refractivity contribution in [3.8, 4) is 17.2 Å². The van der Waals surface area contributed by atoms with Crippen LogP contribution in [-0.4, -0.2) is 41.5 Å². The number of esters is 1. The third kappa shape index (κ3) is 6.60. The van der Waals surface area contributed by atoms with Crippen LogP contribution in [0.15, 0.2) is 60.9 Å². The molecule has 0 atom stereocenters. The Bertz CT molecular complexity index is 1030. The number of nitrogens with one attached hydrogen (secondary N) is 1. The third-order valence-corrected chi connectivity index (χ3v) is 4.47. The molecule has 168 valence electrons. The molecule has 3 aromatic rings. The number of amides is 1. The maximum atomic E-state index is 12.3. The molecule has 0 radical (unpaired) electrons.